The molecule has 0 aromatic heterocycles. The van der Waals surface area contributed by atoms with Crippen molar-refractivity contribution in [1.82, 2.24) is 10.2 Å². The van der Waals surface area contributed by atoms with Crippen LogP contribution < -0.4 is 10.6 Å². The van der Waals surface area contributed by atoms with E-state index in [0.29, 0.717) is 17.9 Å². The number of likely N-dealkylation sites (tertiary alicyclic amines) is 1. The Labute approximate surface area is 179 Å². The number of amides is 2. The monoisotopic (exact) mass is 415 g/mol. The Hall–Kier alpha value is -1.95. The molecule has 0 bridgehead atoms. The summed E-state index contributed by atoms with van der Waals surface area (Å²) in [7, 11) is 0. The van der Waals surface area contributed by atoms with Gasteiger partial charge in [0.1, 0.15) is 0 Å². The van der Waals surface area contributed by atoms with Crippen molar-refractivity contribution in [2.75, 3.05) is 18.4 Å². The Morgan fingerprint density at radius 1 is 1.00 bits per heavy atom. The fourth-order valence-corrected chi connectivity index (χ4v) is 4.58. The molecule has 6 heteroatoms. The minimum atomic E-state index is -0.0372. The van der Waals surface area contributed by atoms with Gasteiger partial charge in [0.05, 0.1) is 0 Å². The van der Waals surface area contributed by atoms with Crippen LogP contribution in [0.5, 0.6) is 0 Å². The first-order chi connectivity index (χ1) is 14.1. The second-order valence-electron chi connectivity index (χ2n) is 8.33. The van der Waals surface area contributed by atoms with E-state index >= 15 is 0 Å². The molecule has 0 unspecified atom stereocenters. The van der Waals surface area contributed by atoms with Gasteiger partial charge >= 0.3 is 0 Å². The van der Waals surface area contributed by atoms with Crippen LogP contribution in [0, 0.1) is 5.92 Å². The number of anilines is 1. The van der Waals surface area contributed by atoms with Crippen molar-refractivity contribution in [3.05, 3.63) is 29.8 Å². The van der Waals surface area contributed by atoms with Crippen molar-refractivity contribution in [1.29, 1.82) is 0 Å². The van der Waals surface area contributed by atoms with E-state index < -0.39 is 0 Å². The summed E-state index contributed by atoms with van der Waals surface area (Å²) in [5.74, 6) is 0.709. The summed E-state index contributed by atoms with van der Waals surface area (Å²) in [6.45, 7) is 1.65. The van der Waals surface area contributed by atoms with Gasteiger partial charge in [-0.15, -0.1) is 0 Å². The zero-order valence-electron chi connectivity index (χ0n) is 17.3. The first-order valence-corrected chi connectivity index (χ1v) is 11.5. The molecular formula is C23H33N3O2S. The molecule has 1 aromatic rings. The summed E-state index contributed by atoms with van der Waals surface area (Å²) in [4.78, 5) is 26.9. The first-order valence-electron chi connectivity index (χ1n) is 11.1. The number of nitrogens with zero attached hydrogens (tertiary/aromatic N) is 1. The number of carbonyl (C=O) groups is 2. The van der Waals surface area contributed by atoms with Crippen LogP contribution in [0.25, 0.3) is 0 Å². The predicted molar refractivity (Wildman–Crippen MR) is 121 cm³/mol. The third-order valence-corrected chi connectivity index (χ3v) is 6.22. The summed E-state index contributed by atoms with van der Waals surface area (Å²) in [5, 5.41) is 6.11. The summed E-state index contributed by atoms with van der Waals surface area (Å²) < 4.78 is 0. The van der Waals surface area contributed by atoms with Gasteiger partial charge < -0.3 is 15.5 Å². The van der Waals surface area contributed by atoms with Crippen LogP contribution in [0.1, 0.15) is 81.0 Å². The second kappa shape index (κ2) is 11.3. The van der Waals surface area contributed by atoms with Crippen molar-refractivity contribution in [3.63, 3.8) is 0 Å². The van der Waals surface area contributed by atoms with E-state index in [9.17, 15) is 9.59 Å². The lowest BCUT2D eigenvalue weighted by molar-refractivity contribution is -0.120. The second-order valence-corrected chi connectivity index (χ2v) is 8.74. The molecule has 2 amide bonds. The largest absolute Gasteiger partial charge is 0.339 e. The Kier molecular flexibility index (Phi) is 8.47. The molecule has 1 aliphatic carbocycles. The molecule has 158 valence electrons. The zero-order chi connectivity index (χ0) is 20.5. The van der Waals surface area contributed by atoms with Crippen molar-refractivity contribution in [3.8, 4) is 0 Å². The summed E-state index contributed by atoms with van der Waals surface area (Å²) in [6, 6.07) is 7.36. The van der Waals surface area contributed by atoms with E-state index in [2.05, 4.69) is 10.6 Å². The van der Waals surface area contributed by atoms with Gasteiger partial charge in [-0.2, -0.15) is 0 Å². The highest BCUT2D eigenvalue weighted by atomic mass is 32.1. The minimum absolute atomic E-state index is 0.0372. The third kappa shape index (κ3) is 7.11. The Balaban J connectivity index is 1.47. The van der Waals surface area contributed by atoms with Crippen LogP contribution in [0.2, 0.25) is 0 Å². The van der Waals surface area contributed by atoms with Gasteiger partial charge in [0, 0.05) is 30.8 Å². The van der Waals surface area contributed by atoms with Gasteiger partial charge in [-0.05, 0) is 55.6 Å². The highest BCUT2D eigenvalue weighted by Gasteiger charge is 2.18. The van der Waals surface area contributed by atoms with Crippen LogP contribution >= 0.6 is 12.2 Å². The summed E-state index contributed by atoms with van der Waals surface area (Å²) in [5.41, 5.74) is 1.38. The molecule has 2 aliphatic rings. The van der Waals surface area contributed by atoms with E-state index in [-0.39, 0.29) is 16.9 Å². The Bertz CT molecular complexity index is 708. The molecule has 1 heterocycles. The Morgan fingerprint density at radius 2 is 1.69 bits per heavy atom. The molecule has 1 saturated carbocycles. The van der Waals surface area contributed by atoms with Crippen molar-refractivity contribution >= 4 is 34.8 Å². The summed E-state index contributed by atoms with van der Waals surface area (Å²) in [6.07, 6.45) is 12.4. The van der Waals surface area contributed by atoms with Crippen LogP contribution in [0.4, 0.5) is 5.69 Å². The predicted octanol–water partition coefficient (Wildman–Crippen LogP) is 4.88. The molecule has 2 fully saturated rings. The van der Waals surface area contributed by atoms with E-state index in [1.165, 1.54) is 44.9 Å². The maximum atomic E-state index is 12.8. The molecule has 29 heavy (non-hydrogen) atoms. The van der Waals surface area contributed by atoms with Crippen LogP contribution in [0.15, 0.2) is 24.3 Å². The fraction of sp³-hybridized carbons (Fsp3) is 0.609. The number of hydrogen-bond donors (Lipinski definition) is 2. The van der Waals surface area contributed by atoms with Crippen LogP contribution in [0.3, 0.4) is 0 Å². The summed E-state index contributed by atoms with van der Waals surface area (Å²) >= 11 is 5.30. The van der Waals surface area contributed by atoms with E-state index in [1.54, 1.807) is 0 Å². The van der Waals surface area contributed by atoms with Gasteiger partial charge in [-0.1, -0.05) is 51.0 Å². The van der Waals surface area contributed by atoms with Gasteiger partial charge in [0.25, 0.3) is 5.91 Å². The number of hydrogen-bond acceptors (Lipinski definition) is 3. The molecule has 0 spiro atoms. The lowest BCUT2D eigenvalue weighted by Gasteiger charge is -2.21. The number of benzene rings is 1. The van der Waals surface area contributed by atoms with E-state index in [1.807, 2.05) is 29.2 Å². The quantitative estimate of drug-likeness (QED) is 0.673. The topological polar surface area (TPSA) is 61.4 Å². The highest BCUT2D eigenvalue weighted by Crippen LogP contribution is 2.27. The normalized spacial score (nSPS) is 18.0. The third-order valence-electron chi connectivity index (χ3n) is 6.02. The number of thiocarbonyl (C=S) groups is 1. The van der Waals surface area contributed by atoms with E-state index in [4.69, 9.17) is 12.2 Å². The number of nitrogens with one attached hydrogen (secondary N) is 2. The van der Waals surface area contributed by atoms with E-state index in [0.717, 1.165) is 38.0 Å². The minimum Gasteiger partial charge on any atom is -0.339 e. The molecule has 2 N–H and O–H groups in total. The van der Waals surface area contributed by atoms with Crippen LogP contribution in [-0.4, -0.2) is 34.9 Å². The number of carbonyl (C=O) groups excluding carboxylic acids is 2. The average molecular weight is 416 g/mol. The van der Waals surface area contributed by atoms with Gasteiger partial charge in [0.15, 0.2) is 5.11 Å². The molecule has 0 radical (unpaired) electrons. The maximum absolute atomic E-state index is 12.8. The molecular weight excluding hydrogens is 382 g/mol. The Morgan fingerprint density at radius 3 is 2.41 bits per heavy atom. The molecule has 1 aromatic carbocycles. The molecule has 1 saturated heterocycles. The standard InChI is InChI=1S/C23H33N3O2S/c27-21(14-13-18-9-4-3-5-10-18)25-23(29)24-20-12-8-11-19(17-20)22(28)26-15-6-1-2-7-16-26/h8,11-12,17-18H,1-7,9-10,13-16H2,(H2,24,25,27,29). The van der Waals surface area contributed by atoms with Crippen molar-refractivity contribution in [2.24, 2.45) is 5.92 Å². The van der Waals surface area contributed by atoms with Gasteiger partial charge in [-0.25, -0.2) is 0 Å². The van der Waals surface area contributed by atoms with Crippen LogP contribution in [-0.2, 0) is 4.79 Å². The fourth-order valence-electron chi connectivity index (χ4n) is 4.35. The lowest BCUT2D eigenvalue weighted by atomic mass is 9.86. The average Bonchev–Trinajstić information content (AvgIpc) is 3.02. The van der Waals surface area contributed by atoms with Crippen molar-refractivity contribution < 1.29 is 9.59 Å². The van der Waals surface area contributed by atoms with Gasteiger partial charge in [0.2, 0.25) is 5.91 Å². The zero-order valence-corrected chi connectivity index (χ0v) is 18.1. The smallest absolute Gasteiger partial charge is 0.253 e. The molecule has 0 atom stereocenters. The highest BCUT2D eigenvalue weighted by molar-refractivity contribution is 7.80. The number of rotatable bonds is 5. The molecule has 1 aliphatic heterocycles. The van der Waals surface area contributed by atoms with Gasteiger partial charge in [-0.3, -0.25) is 9.59 Å². The molecule has 5 nitrogen and oxygen atoms in total. The lowest BCUT2D eigenvalue weighted by Crippen LogP contribution is -2.34. The first kappa shape index (κ1) is 21.8. The van der Waals surface area contributed by atoms with Crippen molar-refractivity contribution in [2.45, 2.75) is 70.6 Å². The molecule has 3 rings (SSSR count). The SMILES string of the molecule is O=C(CCC1CCCCC1)NC(=S)Nc1cccc(C(=O)N2CCCCCC2)c1. The maximum Gasteiger partial charge on any atom is 0.253 e.